The molecule has 0 radical (unpaired) electrons. The van der Waals surface area contributed by atoms with Crippen LogP contribution in [0.3, 0.4) is 0 Å². The Morgan fingerprint density at radius 3 is 2.19 bits per heavy atom. The van der Waals surface area contributed by atoms with Crippen LogP contribution in [0.4, 0.5) is 4.79 Å². The lowest BCUT2D eigenvalue weighted by Crippen LogP contribution is -2.44. The molecule has 7 heteroatoms. The first kappa shape index (κ1) is 23.1. The van der Waals surface area contributed by atoms with E-state index in [9.17, 15) is 14.4 Å². The highest BCUT2D eigenvalue weighted by Gasteiger charge is 2.29. The van der Waals surface area contributed by atoms with E-state index in [0.717, 1.165) is 22.3 Å². The minimum Gasteiger partial charge on any atom is -0.480 e. The van der Waals surface area contributed by atoms with Crippen LogP contribution in [0.2, 0.25) is 0 Å². The normalized spacial score (nSPS) is 13.9. The second-order valence-corrected chi connectivity index (χ2v) is 7.76. The third-order valence-electron chi connectivity index (χ3n) is 5.63. The van der Waals surface area contributed by atoms with Gasteiger partial charge in [-0.1, -0.05) is 61.5 Å². The van der Waals surface area contributed by atoms with Gasteiger partial charge in [-0.2, -0.15) is 0 Å². The summed E-state index contributed by atoms with van der Waals surface area (Å²) < 4.78 is 5.52. The van der Waals surface area contributed by atoms with E-state index in [1.807, 2.05) is 43.3 Å². The molecule has 1 aliphatic rings. The molecule has 0 bridgehead atoms. The van der Waals surface area contributed by atoms with Gasteiger partial charge >= 0.3 is 12.1 Å². The maximum atomic E-state index is 12.4. The van der Waals surface area contributed by atoms with Crippen LogP contribution in [0.5, 0.6) is 0 Å². The minimum atomic E-state index is -1.13. The summed E-state index contributed by atoms with van der Waals surface area (Å²) in [5.74, 6) is -1.63. The van der Waals surface area contributed by atoms with Crippen molar-refractivity contribution in [3.63, 3.8) is 0 Å². The number of alkyl carbamates (subject to hydrolysis) is 1. The monoisotopic (exact) mass is 436 g/mol. The predicted octanol–water partition coefficient (Wildman–Crippen LogP) is 3.84. The van der Waals surface area contributed by atoms with Crippen molar-refractivity contribution in [1.29, 1.82) is 0 Å². The Morgan fingerprint density at radius 1 is 1.06 bits per heavy atom. The molecule has 32 heavy (non-hydrogen) atoms. The zero-order valence-electron chi connectivity index (χ0n) is 18.0. The topological polar surface area (TPSA) is 105 Å². The lowest BCUT2D eigenvalue weighted by Gasteiger charge is -2.20. The number of rotatable bonds is 10. The van der Waals surface area contributed by atoms with Crippen molar-refractivity contribution in [2.24, 2.45) is 0 Å². The average molecular weight is 437 g/mol. The highest BCUT2D eigenvalue weighted by molar-refractivity contribution is 5.84. The molecule has 3 N–H and O–H groups in total. The van der Waals surface area contributed by atoms with Crippen LogP contribution in [-0.2, 0) is 14.3 Å². The van der Waals surface area contributed by atoms with Crippen molar-refractivity contribution in [2.75, 3.05) is 6.61 Å². The number of carboxylic acid groups (broad SMARTS) is 1. The molecule has 0 fully saturated rings. The molecule has 2 amide bonds. The van der Waals surface area contributed by atoms with Gasteiger partial charge in [-0.25, -0.2) is 9.59 Å². The summed E-state index contributed by atoms with van der Waals surface area (Å²) in [4.78, 5) is 35.9. The molecule has 0 aliphatic heterocycles. The van der Waals surface area contributed by atoms with E-state index in [-0.39, 0.29) is 25.4 Å². The number of amides is 2. The van der Waals surface area contributed by atoms with Gasteiger partial charge in [-0.3, -0.25) is 4.79 Å². The average Bonchev–Trinajstić information content (AvgIpc) is 3.10. The fourth-order valence-electron chi connectivity index (χ4n) is 3.97. The first-order chi connectivity index (χ1) is 15.4. The van der Waals surface area contributed by atoms with E-state index < -0.39 is 30.1 Å². The third kappa shape index (κ3) is 5.35. The first-order valence-electron chi connectivity index (χ1n) is 10.7. The number of carbonyl (C=O) groups excluding carboxylic acids is 2. The number of fused-ring (bicyclic) bond motifs is 3. The highest BCUT2D eigenvalue weighted by Crippen LogP contribution is 2.44. The Morgan fingerprint density at radius 2 is 1.66 bits per heavy atom. The molecule has 2 aromatic carbocycles. The van der Waals surface area contributed by atoms with Crippen LogP contribution in [-0.4, -0.2) is 41.8 Å². The van der Waals surface area contributed by atoms with E-state index in [0.29, 0.717) is 6.42 Å². The molecule has 0 saturated heterocycles. The van der Waals surface area contributed by atoms with Gasteiger partial charge in [0, 0.05) is 18.4 Å². The first-order valence-corrected chi connectivity index (χ1v) is 10.7. The van der Waals surface area contributed by atoms with E-state index >= 15 is 0 Å². The SMILES string of the molecule is C=CCC(NC(=O)CC(CC)NC(=O)OCC1c2ccccc2-c2ccccc21)C(=O)O. The van der Waals surface area contributed by atoms with Gasteiger partial charge in [0.25, 0.3) is 0 Å². The van der Waals surface area contributed by atoms with Crippen molar-refractivity contribution >= 4 is 18.0 Å². The molecule has 0 aromatic heterocycles. The summed E-state index contributed by atoms with van der Waals surface area (Å²) >= 11 is 0. The predicted molar refractivity (Wildman–Crippen MR) is 121 cm³/mol. The van der Waals surface area contributed by atoms with E-state index in [1.54, 1.807) is 0 Å². The smallest absolute Gasteiger partial charge is 0.407 e. The van der Waals surface area contributed by atoms with E-state index in [2.05, 4.69) is 29.3 Å². The number of nitrogens with one attached hydrogen (secondary N) is 2. The number of benzene rings is 2. The number of ether oxygens (including phenoxy) is 1. The Bertz CT molecular complexity index is 958. The molecular formula is C25H28N2O5. The maximum Gasteiger partial charge on any atom is 0.407 e. The summed E-state index contributed by atoms with van der Waals surface area (Å²) in [6.07, 6.45) is 1.41. The number of hydrogen-bond donors (Lipinski definition) is 3. The number of aliphatic carboxylic acids is 1. The van der Waals surface area contributed by atoms with Gasteiger partial charge in [0.15, 0.2) is 0 Å². The number of carbonyl (C=O) groups is 3. The largest absolute Gasteiger partial charge is 0.480 e. The van der Waals surface area contributed by atoms with E-state index in [4.69, 9.17) is 9.84 Å². The van der Waals surface area contributed by atoms with Crippen molar-refractivity contribution in [3.8, 4) is 11.1 Å². The van der Waals surface area contributed by atoms with Crippen LogP contribution in [0.25, 0.3) is 11.1 Å². The highest BCUT2D eigenvalue weighted by atomic mass is 16.5. The summed E-state index contributed by atoms with van der Waals surface area (Å²) in [6, 6.07) is 14.6. The minimum absolute atomic E-state index is 0.0401. The maximum absolute atomic E-state index is 12.4. The molecule has 1 aliphatic carbocycles. The van der Waals surface area contributed by atoms with Crippen molar-refractivity contribution in [1.82, 2.24) is 10.6 Å². The van der Waals surface area contributed by atoms with E-state index in [1.165, 1.54) is 6.08 Å². The second kappa shape index (κ2) is 10.6. The fraction of sp³-hybridized carbons (Fsp3) is 0.320. The Labute approximate surface area is 187 Å². The van der Waals surface area contributed by atoms with Crippen LogP contribution >= 0.6 is 0 Å². The van der Waals surface area contributed by atoms with Crippen LogP contribution < -0.4 is 10.6 Å². The molecule has 3 rings (SSSR count). The summed E-state index contributed by atoms with van der Waals surface area (Å²) in [5, 5.41) is 14.3. The van der Waals surface area contributed by atoms with Gasteiger partial charge in [-0.15, -0.1) is 6.58 Å². The molecule has 2 unspecified atom stereocenters. The summed E-state index contributed by atoms with van der Waals surface area (Å²) in [7, 11) is 0. The number of carboxylic acids is 1. The van der Waals surface area contributed by atoms with Gasteiger partial charge < -0.3 is 20.5 Å². The van der Waals surface area contributed by atoms with Crippen molar-refractivity contribution in [3.05, 3.63) is 72.3 Å². The van der Waals surface area contributed by atoms with Crippen LogP contribution in [0.1, 0.15) is 43.2 Å². The zero-order valence-corrected chi connectivity index (χ0v) is 18.0. The lowest BCUT2D eigenvalue weighted by atomic mass is 9.98. The zero-order chi connectivity index (χ0) is 23.1. The standard InChI is InChI=1S/C25H28N2O5/c1-3-9-22(24(29)30)27-23(28)14-16(4-2)26-25(31)32-15-21-19-12-7-5-10-17(19)18-11-6-8-13-20(18)21/h3,5-8,10-13,16,21-22H,1,4,9,14-15H2,2H3,(H,26,31)(H,27,28)(H,29,30). The Balaban J connectivity index is 1.56. The fourth-order valence-corrected chi connectivity index (χ4v) is 3.97. The Kier molecular flexibility index (Phi) is 7.65. The van der Waals surface area contributed by atoms with Crippen molar-refractivity contribution < 1.29 is 24.2 Å². The molecule has 0 heterocycles. The molecule has 0 saturated carbocycles. The van der Waals surface area contributed by atoms with Gasteiger partial charge in [-0.05, 0) is 35.1 Å². The second-order valence-electron chi connectivity index (χ2n) is 7.76. The molecule has 7 nitrogen and oxygen atoms in total. The van der Waals surface area contributed by atoms with Gasteiger partial charge in [0.2, 0.25) is 5.91 Å². The van der Waals surface area contributed by atoms with Crippen molar-refractivity contribution in [2.45, 2.75) is 44.2 Å². The third-order valence-corrected chi connectivity index (χ3v) is 5.63. The summed E-state index contributed by atoms with van der Waals surface area (Å²) in [6.45, 7) is 5.52. The molecule has 0 spiro atoms. The van der Waals surface area contributed by atoms with Gasteiger partial charge in [0.1, 0.15) is 12.6 Å². The lowest BCUT2D eigenvalue weighted by molar-refractivity contribution is -0.141. The quantitative estimate of drug-likeness (QED) is 0.491. The van der Waals surface area contributed by atoms with Crippen LogP contribution in [0.15, 0.2) is 61.2 Å². The number of hydrogen-bond acceptors (Lipinski definition) is 4. The van der Waals surface area contributed by atoms with Crippen LogP contribution in [0, 0.1) is 0 Å². The Hall–Kier alpha value is -3.61. The molecule has 168 valence electrons. The summed E-state index contributed by atoms with van der Waals surface area (Å²) in [5.41, 5.74) is 4.53. The molecular weight excluding hydrogens is 408 g/mol. The molecule has 2 atom stereocenters. The molecule has 2 aromatic rings. The van der Waals surface area contributed by atoms with Gasteiger partial charge in [0.05, 0.1) is 0 Å².